The zero-order chi connectivity index (χ0) is 21.6. The molecule has 2 aliphatic carbocycles. The minimum atomic E-state index is -0.775. The van der Waals surface area contributed by atoms with E-state index in [4.69, 9.17) is 5.10 Å². The van der Waals surface area contributed by atoms with Gasteiger partial charge >= 0.3 is 6.03 Å². The predicted molar refractivity (Wildman–Crippen MR) is 115 cm³/mol. The average Bonchev–Trinajstić information content (AvgIpc) is 3.43. The number of amides is 4. The number of hydrogen-bond donors (Lipinski definition) is 1. The lowest BCUT2D eigenvalue weighted by Gasteiger charge is -2.35. The Labute approximate surface area is 181 Å². The van der Waals surface area contributed by atoms with Gasteiger partial charge in [-0.2, -0.15) is 5.10 Å². The Morgan fingerprint density at radius 2 is 1.81 bits per heavy atom. The monoisotopic (exact) mass is 421 g/mol. The third kappa shape index (κ3) is 3.12. The summed E-state index contributed by atoms with van der Waals surface area (Å²) < 4.78 is 1.75. The molecule has 1 spiro atoms. The largest absolute Gasteiger partial charge is 0.327 e. The number of likely N-dealkylation sites (N-methyl/N-ethyl adjacent to an activating group) is 1. The molecule has 1 aliphatic heterocycles. The Morgan fingerprint density at radius 1 is 1.06 bits per heavy atom. The number of anilines is 1. The molecular weight excluding hydrogens is 394 g/mol. The summed E-state index contributed by atoms with van der Waals surface area (Å²) in [6, 6.07) is 9.27. The zero-order valence-corrected chi connectivity index (χ0v) is 17.8. The van der Waals surface area contributed by atoms with Gasteiger partial charge < -0.3 is 10.2 Å². The Balaban J connectivity index is 1.38. The van der Waals surface area contributed by atoms with Crippen LogP contribution in [0.2, 0.25) is 0 Å². The molecule has 1 saturated heterocycles. The topological polar surface area (TPSA) is 87.5 Å². The smallest absolute Gasteiger partial charge is 0.313 e. The summed E-state index contributed by atoms with van der Waals surface area (Å²) in [4.78, 5) is 41.7. The van der Waals surface area contributed by atoms with Crippen LogP contribution in [0.5, 0.6) is 0 Å². The van der Waals surface area contributed by atoms with Gasteiger partial charge in [-0.3, -0.25) is 14.5 Å². The number of aryl methyl sites for hydroxylation is 1. The van der Waals surface area contributed by atoms with Crippen molar-refractivity contribution >= 4 is 23.7 Å². The molecule has 0 bridgehead atoms. The molecule has 1 N–H and O–H groups in total. The van der Waals surface area contributed by atoms with Gasteiger partial charge in [-0.25, -0.2) is 9.48 Å². The number of rotatable bonds is 4. The lowest BCUT2D eigenvalue weighted by molar-refractivity contribution is -0.136. The lowest BCUT2D eigenvalue weighted by Crippen LogP contribution is -2.49. The number of carbonyl (C=O) groups excluding carboxylic acids is 3. The van der Waals surface area contributed by atoms with Crippen molar-refractivity contribution < 1.29 is 14.4 Å². The molecule has 31 heavy (non-hydrogen) atoms. The van der Waals surface area contributed by atoms with Gasteiger partial charge in [-0.15, -0.1) is 0 Å². The van der Waals surface area contributed by atoms with E-state index in [-0.39, 0.29) is 24.4 Å². The van der Waals surface area contributed by atoms with E-state index in [2.05, 4.69) is 5.32 Å². The van der Waals surface area contributed by atoms with Crippen LogP contribution in [0, 0.1) is 0 Å². The van der Waals surface area contributed by atoms with E-state index in [1.807, 2.05) is 30.3 Å². The number of nitrogens with zero attached hydrogens (tertiary/aromatic N) is 4. The van der Waals surface area contributed by atoms with Crippen LogP contribution in [-0.4, -0.2) is 56.6 Å². The zero-order valence-electron chi connectivity index (χ0n) is 17.8. The molecule has 0 unspecified atom stereocenters. The first-order chi connectivity index (χ1) is 15.0. The second kappa shape index (κ2) is 7.51. The first-order valence-corrected chi connectivity index (χ1v) is 11.1. The molecule has 1 saturated carbocycles. The highest BCUT2D eigenvalue weighted by Gasteiger charge is 2.55. The molecular formula is C23H27N5O3. The van der Waals surface area contributed by atoms with E-state index in [0.29, 0.717) is 18.7 Å². The first kappa shape index (κ1) is 19.8. The molecule has 3 aliphatic rings. The number of aromatic nitrogens is 2. The summed E-state index contributed by atoms with van der Waals surface area (Å²) in [7, 11) is 1.68. The van der Waals surface area contributed by atoms with E-state index >= 15 is 0 Å². The Hall–Kier alpha value is -3.16. The second-order valence-electron chi connectivity index (χ2n) is 8.75. The van der Waals surface area contributed by atoms with Crippen LogP contribution in [0.25, 0.3) is 5.69 Å². The fraction of sp³-hybridized carbons (Fsp3) is 0.478. The van der Waals surface area contributed by atoms with Crippen molar-refractivity contribution in [2.24, 2.45) is 0 Å². The van der Waals surface area contributed by atoms with Crippen LogP contribution in [0.15, 0.2) is 30.3 Å². The Morgan fingerprint density at radius 3 is 2.55 bits per heavy atom. The minimum Gasteiger partial charge on any atom is -0.313 e. The number of imide groups is 1. The standard InChI is InChI=1S/C23H27N5O3/c1-26-22(31)27(21(30)23(26)13-6-3-7-14-23)15-19(29)24-20-17-11-8-12-18(17)25-28(20)16-9-4-2-5-10-16/h2,4-5,9-10H,3,6-8,11-15H2,1H3,(H,24,29). The maximum atomic E-state index is 13.2. The Bertz CT molecular complexity index is 1040. The van der Waals surface area contributed by atoms with Gasteiger partial charge in [0.2, 0.25) is 5.91 Å². The van der Waals surface area contributed by atoms with Gasteiger partial charge in [-0.1, -0.05) is 37.5 Å². The summed E-state index contributed by atoms with van der Waals surface area (Å²) in [5.74, 6) is 0.0231. The quantitative estimate of drug-likeness (QED) is 0.769. The van der Waals surface area contributed by atoms with E-state index in [9.17, 15) is 14.4 Å². The van der Waals surface area contributed by atoms with Gasteiger partial charge in [0.15, 0.2) is 0 Å². The normalized spacial score (nSPS) is 19.9. The van der Waals surface area contributed by atoms with Crippen LogP contribution in [0.4, 0.5) is 10.6 Å². The third-order valence-electron chi connectivity index (χ3n) is 6.95. The van der Waals surface area contributed by atoms with E-state index in [1.165, 1.54) is 0 Å². The van der Waals surface area contributed by atoms with Crippen LogP contribution in [-0.2, 0) is 22.4 Å². The summed E-state index contributed by atoms with van der Waals surface area (Å²) in [6.45, 7) is -0.279. The van der Waals surface area contributed by atoms with Crippen molar-refractivity contribution in [3.63, 3.8) is 0 Å². The van der Waals surface area contributed by atoms with Crippen LogP contribution in [0.3, 0.4) is 0 Å². The summed E-state index contributed by atoms with van der Waals surface area (Å²) in [5, 5.41) is 7.66. The third-order valence-corrected chi connectivity index (χ3v) is 6.95. The highest BCUT2D eigenvalue weighted by Crippen LogP contribution is 2.39. The molecule has 162 valence electrons. The maximum Gasteiger partial charge on any atom is 0.327 e. The average molecular weight is 422 g/mol. The number of urea groups is 1. The van der Waals surface area contributed by atoms with Gasteiger partial charge in [0, 0.05) is 12.6 Å². The van der Waals surface area contributed by atoms with Crippen LogP contribution < -0.4 is 5.32 Å². The van der Waals surface area contributed by atoms with E-state index in [0.717, 1.165) is 60.4 Å². The van der Waals surface area contributed by atoms with Crippen molar-refractivity contribution in [1.82, 2.24) is 19.6 Å². The van der Waals surface area contributed by atoms with E-state index in [1.54, 1.807) is 16.6 Å². The second-order valence-corrected chi connectivity index (χ2v) is 8.75. The van der Waals surface area contributed by atoms with Gasteiger partial charge in [-0.05, 0) is 44.2 Å². The molecule has 1 aromatic heterocycles. The predicted octanol–water partition coefficient (Wildman–Crippen LogP) is 2.90. The highest BCUT2D eigenvalue weighted by molar-refractivity contribution is 6.10. The van der Waals surface area contributed by atoms with Crippen molar-refractivity contribution in [2.75, 3.05) is 18.9 Å². The highest BCUT2D eigenvalue weighted by atomic mass is 16.2. The summed E-state index contributed by atoms with van der Waals surface area (Å²) in [5.41, 5.74) is 2.12. The molecule has 4 amide bonds. The Kier molecular flexibility index (Phi) is 4.79. The molecule has 0 atom stereocenters. The number of carbonyl (C=O) groups is 3. The van der Waals surface area contributed by atoms with Crippen molar-refractivity contribution in [3.05, 3.63) is 41.6 Å². The maximum absolute atomic E-state index is 13.2. The molecule has 5 rings (SSSR count). The summed E-state index contributed by atoms with van der Waals surface area (Å²) >= 11 is 0. The summed E-state index contributed by atoms with van der Waals surface area (Å²) in [6.07, 6.45) is 7.00. The van der Waals surface area contributed by atoms with Crippen LogP contribution >= 0.6 is 0 Å². The molecule has 2 heterocycles. The van der Waals surface area contributed by atoms with Gasteiger partial charge in [0.05, 0.1) is 11.4 Å². The number of benzene rings is 1. The number of para-hydroxylation sites is 1. The fourth-order valence-corrected chi connectivity index (χ4v) is 5.26. The first-order valence-electron chi connectivity index (χ1n) is 11.1. The van der Waals surface area contributed by atoms with Gasteiger partial charge in [0.1, 0.15) is 17.9 Å². The number of nitrogens with one attached hydrogen (secondary N) is 1. The van der Waals surface area contributed by atoms with Crippen molar-refractivity contribution in [3.8, 4) is 5.69 Å². The molecule has 1 aromatic carbocycles. The molecule has 8 nitrogen and oxygen atoms in total. The molecule has 0 radical (unpaired) electrons. The van der Waals surface area contributed by atoms with Gasteiger partial charge in [0.25, 0.3) is 5.91 Å². The van der Waals surface area contributed by atoms with Crippen molar-refractivity contribution in [1.29, 1.82) is 0 Å². The fourth-order valence-electron chi connectivity index (χ4n) is 5.26. The lowest BCUT2D eigenvalue weighted by atomic mass is 9.81. The molecule has 2 aromatic rings. The van der Waals surface area contributed by atoms with E-state index < -0.39 is 5.54 Å². The minimum absolute atomic E-state index is 0.239. The SMILES string of the molecule is CN1C(=O)N(CC(=O)Nc2c3c(nn2-c2ccccc2)CCC3)C(=O)C12CCCCC2. The van der Waals surface area contributed by atoms with Crippen LogP contribution in [0.1, 0.15) is 49.8 Å². The molecule has 8 heteroatoms. The molecule has 2 fully saturated rings. The number of fused-ring (bicyclic) bond motifs is 1. The van der Waals surface area contributed by atoms with Crippen molar-refractivity contribution in [2.45, 2.75) is 56.9 Å². The number of hydrogen-bond acceptors (Lipinski definition) is 4.